The summed E-state index contributed by atoms with van der Waals surface area (Å²) in [5, 5.41) is 3.08. The fourth-order valence-electron chi connectivity index (χ4n) is 3.64. The molecule has 1 N–H and O–H groups in total. The predicted octanol–water partition coefficient (Wildman–Crippen LogP) is 5.55. The molecule has 4 nitrogen and oxygen atoms in total. The molecule has 1 aliphatic rings. The molecule has 5 heteroatoms. The summed E-state index contributed by atoms with van der Waals surface area (Å²) in [7, 11) is 1.75. The molecule has 0 bridgehead atoms. The normalized spacial score (nSPS) is 15.4. The number of hydrogen-bond acceptors (Lipinski definition) is 3. The number of rotatable bonds is 6. The third-order valence-electron chi connectivity index (χ3n) is 5.50. The Hall–Kier alpha value is -3.31. The first kappa shape index (κ1) is 21.9. The highest BCUT2D eigenvalue weighted by Crippen LogP contribution is 2.42. The van der Waals surface area contributed by atoms with Crippen LogP contribution in [0.4, 0.5) is 5.69 Å². The van der Waals surface area contributed by atoms with Crippen LogP contribution in [-0.4, -0.2) is 24.9 Å². The quantitative estimate of drug-likeness (QED) is 0.510. The number of carbonyl (C=O) groups excluding carboxylic acids is 2. The highest BCUT2D eigenvalue weighted by Gasteiger charge is 2.27. The van der Waals surface area contributed by atoms with E-state index in [1.165, 1.54) is 17.3 Å². The Bertz CT molecular complexity index is 1140. The fraction of sp³-hybridized carbons (Fsp3) is 0.185. The second-order valence-corrected chi connectivity index (χ2v) is 9.05. The summed E-state index contributed by atoms with van der Waals surface area (Å²) in [6, 6.07) is 25.7. The molecule has 3 aromatic carbocycles. The fourth-order valence-corrected chi connectivity index (χ4v) is 4.74. The van der Waals surface area contributed by atoms with E-state index in [1.54, 1.807) is 18.0 Å². The molecule has 162 valence electrons. The van der Waals surface area contributed by atoms with Gasteiger partial charge in [0.15, 0.2) is 0 Å². The van der Waals surface area contributed by atoms with Gasteiger partial charge in [0.1, 0.15) is 0 Å². The van der Waals surface area contributed by atoms with Crippen molar-refractivity contribution in [2.75, 3.05) is 11.9 Å². The Balaban J connectivity index is 1.45. The number of fused-ring (bicyclic) bond motifs is 1. The number of amides is 2. The van der Waals surface area contributed by atoms with E-state index in [-0.39, 0.29) is 17.9 Å². The van der Waals surface area contributed by atoms with Gasteiger partial charge >= 0.3 is 0 Å². The van der Waals surface area contributed by atoms with Crippen molar-refractivity contribution in [2.24, 2.45) is 0 Å². The van der Waals surface area contributed by atoms with Gasteiger partial charge in [0, 0.05) is 23.5 Å². The first-order valence-corrected chi connectivity index (χ1v) is 11.5. The summed E-state index contributed by atoms with van der Waals surface area (Å²) < 4.78 is 0. The first-order valence-electron chi connectivity index (χ1n) is 10.7. The van der Waals surface area contributed by atoms with E-state index in [4.69, 9.17) is 0 Å². The summed E-state index contributed by atoms with van der Waals surface area (Å²) in [5.41, 5.74) is 3.57. The standard InChI is InChI=1S/C27H26N2O2S/c1-19(13-14-20-9-5-3-6-10-20)28-26(30)22-15-16-24-23(18-22)29(2)27(31)25(32-24)17-21-11-7-4-8-12-21/h3-12,15-19H,13-14H2,1-2H3,(H,28,30)/b25-17+/t19-/m1/s1. The van der Waals surface area contributed by atoms with Gasteiger partial charge in [-0.15, -0.1) is 0 Å². The van der Waals surface area contributed by atoms with E-state index in [0.29, 0.717) is 10.5 Å². The second-order valence-electron chi connectivity index (χ2n) is 7.97. The first-order chi connectivity index (χ1) is 15.5. The SMILES string of the molecule is C[C@H](CCc1ccccc1)NC(=O)c1ccc2c(c1)N(C)C(=O)/C(=C\c1ccccc1)S2. The van der Waals surface area contributed by atoms with Crippen molar-refractivity contribution in [2.45, 2.75) is 30.7 Å². The van der Waals surface area contributed by atoms with Gasteiger partial charge in [0.25, 0.3) is 11.8 Å². The molecule has 1 aliphatic heterocycles. The van der Waals surface area contributed by atoms with Crippen LogP contribution in [0.15, 0.2) is 88.7 Å². The number of anilines is 1. The molecule has 2 amide bonds. The third kappa shape index (κ3) is 5.11. The van der Waals surface area contributed by atoms with Crippen molar-refractivity contribution >= 4 is 35.3 Å². The number of carbonyl (C=O) groups is 2. The zero-order valence-corrected chi connectivity index (χ0v) is 19.1. The maximum atomic E-state index is 12.9. The molecule has 4 rings (SSSR count). The molecule has 0 aliphatic carbocycles. The number of nitrogens with one attached hydrogen (secondary N) is 1. The molecular weight excluding hydrogens is 416 g/mol. The highest BCUT2D eigenvalue weighted by molar-refractivity contribution is 8.04. The minimum absolute atomic E-state index is 0.0490. The third-order valence-corrected chi connectivity index (χ3v) is 6.58. The van der Waals surface area contributed by atoms with Gasteiger partial charge in [-0.2, -0.15) is 0 Å². The van der Waals surface area contributed by atoms with Crippen LogP contribution in [0.5, 0.6) is 0 Å². The van der Waals surface area contributed by atoms with Crippen LogP contribution in [0, 0.1) is 0 Å². The largest absolute Gasteiger partial charge is 0.350 e. The molecule has 0 radical (unpaired) electrons. The molecule has 0 fully saturated rings. The molecular formula is C27H26N2O2S. The molecule has 0 unspecified atom stereocenters. The van der Waals surface area contributed by atoms with Gasteiger partial charge in [-0.3, -0.25) is 9.59 Å². The lowest BCUT2D eigenvalue weighted by atomic mass is 10.1. The lowest BCUT2D eigenvalue weighted by Crippen LogP contribution is -2.34. The maximum Gasteiger partial charge on any atom is 0.264 e. The highest BCUT2D eigenvalue weighted by atomic mass is 32.2. The van der Waals surface area contributed by atoms with Gasteiger partial charge in [0.05, 0.1) is 10.6 Å². The molecule has 0 spiro atoms. The Morgan fingerprint density at radius 2 is 1.72 bits per heavy atom. The molecule has 1 heterocycles. The Morgan fingerprint density at radius 1 is 1.03 bits per heavy atom. The summed E-state index contributed by atoms with van der Waals surface area (Å²) in [6.45, 7) is 2.02. The Kier molecular flexibility index (Phi) is 6.76. The minimum atomic E-state index is -0.121. The van der Waals surface area contributed by atoms with Crippen LogP contribution in [0.1, 0.15) is 34.8 Å². The molecule has 0 saturated heterocycles. The number of aryl methyl sites for hydroxylation is 1. The smallest absolute Gasteiger partial charge is 0.264 e. The van der Waals surface area contributed by atoms with Gasteiger partial charge in [0.2, 0.25) is 0 Å². The molecule has 32 heavy (non-hydrogen) atoms. The molecule has 1 atom stereocenters. The average molecular weight is 443 g/mol. The van der Waals surface area contributed by atoms with Crippen LogP contribution in [0.3, 0.4) is 0 Å². The van der Waals surface area contributed by atoms with Gasteiger partial charge in [-0.05, 0) is 55.2 Å². The summed E-state index contributed by atoms with van der Waals surface area (Å²) in [5.74, 6) is -0.190. The zero-order chi connectivity index (χ0) is 22.5. The number of hydrogen-bond donors (Lipinski definition) is 1. The van der Waals surface area contributed by atoms with Crippen LogP contribution >= 0.6 is 11.8 Å². The average Bonchev–Trinajstić information content (AvgIpc) is 2.82. The Labute approximate surface area is 193 Å². The number of nitrogens with zero attached hydrogens (tertiary/aromatic N) is 1. The van der Waals surface area contributed by atoms with Gasteiger partial charge in [-0.1, -0.05) is 72.4 Å². The van der Waals surface area contributed by atoms with E-state index < -0.39 is 0 Å². The van der Waals surface area contributed by atoms with Crippen molar-refractivity contribution in [3.05, 3.63) is 100 Å². The number of thioether (sulfide) groups is 1. The van der Waals surface area contributed by atoms with Gasteiger partial charge < -0.3 is 10.2 Å². The van der Waals surface area contributed by atoms with Crippen molar-refractivity contribution < 1.29 is 9.59 Å². The second kappa shape index (κ2) is 9.88. The summed E-state index contributed by atoms with van der Waals surface area (Å²) in [6.07, 6.45) is 3.68. The molecule has 0 saturated carbocycles. The van der Waals surface area contributed by atoms with Crippen LogP contribution in [0.2, 0.25) is 0 Å². The topological polar surface area (TPSA) is 49.4 Å². The lowest BCUT2D eigenvalue weighted by Gasteiger charge is -2.27. The van der Waals surface area contributed by atoms with E-state index in [0.717, 1.165) is 29.0 Å². The summed E-state index contributed by atoms with van der Waals surface area (Å²) in [4.78, 5) is 29.0. The van der Waals surface area contributed by atoms with E-state index in [1.807, 2.05) is 73.7 Å². The van der Waals surface area contributed by atoms with E-state index in [9.17, 15) is 9.59 Å². The Morgan fingerprint density at radius 3 is 2.44 bits per heavy atom. The maximum absolute atomic E-state index is 12.9. The monoisotopic (exact) mass is 442 g/mol. The summed E-state index contributed by atoms with van der Waals surface area (Å²) >= 11 is 1.44. The number of benzene rings is 3. The minimum Gasteiger partial charge on any atom is -0.350 e. The van der Waals surface area contributed by atoms with Crippen LogP contribution < -0.4 is 10.2 Å². The van der Waals surface area contributed by atoms with Crippen LogP contribution in [-0.2, 0) is 11.2 Å². The van der Waals surface area contributed by atoms with Crippen molar-refractivity contribution in [3.8, 4) is 0 Å². The molecule has 0 aromatic heterocycles. The van der Waals surface area contributed by atoms with Crippen molar-refractivity contribution in [1.82, 2.24) is 5.32 Å². The van der Waals surface area contributed by atoms with Crippen molar-refractivity contribution in [3.63, 3.8) is 0 Å². The van der Waals surface area contributed by atoms with Gasteiger partial charge in [-0.25, -0.2) is 0 Å². The number of likely N-dealkylation sites (N-methyl/N-ethyl adjacent to an activating group) is 1. The van der Waals surface area contributed by atoms with E-state index >= 15 is 0 Å². The predicted molar refractivity (Wildman–Crippen MR) is 132 cm³/mol. The van der Waals surface area contributed by atoms with Crippen LogP contribution in [0.25, 0.3) is 6.08 Å². The van der Waals surface area contributed by atoms with E-state index in [2.05, 4.69) is 17.4 Å². The molecule has 3 aromatic rings. The van der Waals surface area contributed by atoms with Crippen molar-refractivity contribution in [1.29, 1.82) is 0 Å². The zero-order valence-electron chi connectivity index (χ0n) is 18.2. The lowest BCUT2D eigenvalue weighted by molar-refractivity contribution is -0.114.